The molecule has 3 saturated heterocycles. The van der Waals surface area contributed by atoms with Crippen molar-refractivity contribution in [1.82, 2.24) is 47.9 Å². The number of amides is 9. The zero-order valence-corrected chi connectivity index (χ0v) is 76.2. The van der Waals surface area contributed by atoms with Gasteiger partial charge in [0.05, 0.1) is 39.6 Å². The molecule has 0 bridgehead atoms. The number of hydrogen-bond donors (Lipinski definition) is 9. The third-order valence-corrected chi connectivity index (χ3v) is 19.6. The van der Waals surface area contributed by atoms with E-state index < -0.39 is 194 Å². The Morgan fingerprint density at radius 3 is 0.688 bits per heavy atom. The zero-order chi connectivity index (χ0) is 95.5. The Labute approximate surface area is 745 Å². The standard InChI is InChI=1S/C83H135N9O36/c1-49(93)90-70-76(123-58(10)102)73(120-55(7)99)61(43-117-52(4)96)126-79(70)114-37-19-16-25-64(105)84-31-22-34-87-67(108)28-40-111-46-83(82(13,14)15,47-112-41-29-68(109)88-35-23-32-85-65(106)26-17-20-38-115-80-71(91-50(2)94)77(124-59(11)103)74(121-56(8)100)62(127-80)44-118-53(5)97)48-113-42-30-69(110)89-36-24-33-86-66(107)27-18-21-39-116-81-72(92-51(3)95)78(125-60(12)104)75(122-57(9)101)63(128-81)45-119-54(6)98/h61-63,70-81H,16-48H2,1-15H3,(H,84,105)(H,85,106)(H,86,107)(H,87,108)(H,88,109)(H,89,110)(H,90,93)(H,91,94)(H,92,95)/t61?,62?,63?,70?,71?,72?,73-,74-,75-,76?,77?,78?,79-,80-,81-,83?/m1/s1. The molecular formula is C83H135N9O36. The highest BCUT2D eigenvalue weighted by Crippen LogP contribution is 2.41. The fraction of sp³-hybridized carbons (Fsp3) is 0.783. The molecule has 3 heterocycles. The molecule has 0 aromatic rings. The lowest BCUT2D eigenvalue weighted by Gasteiger charge is -2.44. The van der Waals surface area contributed by atoms with E-state index in [1.807, 2.05) is 20.8 Å². The number of hydrogen-bond acceptors (Lipinski definition) is 36. The van der Waals surface area contributed by atoms with Crippen LogP contribution in [0, 0.1) is 10.8 Å². The summed E-state index contributed by atoms with van der Waals surface area (Å²) in [5.74, 6) is -9.97. The molecule has 3 fully saturated rings. The molecule has 45 heteroatoms. The number of unbranched alkanes of at least 4 members (excludes halogenated alkanes) is 3. The van der Waals surface area contributed by atoms with Gasteiger partial charge >= 0.3 is 53.7 Å². The first-order valence-electron chi connectivity index (χ1n) is 42.9. The van der Waals surface area contributed by atoms with E-state index in [1.54, 1.807) is 0 Å². The topological polar surface area (TPSA) is 582 Å². The summed E-state index contributed by atoms with van der Waals surface area (Å²) >= 11 is 0. The Hall–Kier alpha value is -9.90. The lowest BCUT2D eigenvalue weighted by molar-refractivity contribution is -0.277. The molecular weight excluding hydrogens is 1700 g/mol. The van der Waals surface area contributed by atoms with Crippen molar-refractivity contribution in [1.29, 1.82) is 0 Å². The SMILES string of the molecule is CC(=O)NC1C(OC(C)=O)[C@H](OC(C)=O)C(COC(C)=O)O[C@H]1OCCCCC(=O)NCCCNC(=O)CCOCC(COCCC(=O)NCCCNC(=O)CCCCO[C@@H]1OC(COC(C)=O)[C@@H](OC(C)=O)C(OC(C)=O)C1NC(C)=O)(COCCC(=O)NCCCNC(=O)CCCCO[C@@H]1OC(COC(C)=O)[C@@H](OC(C)=O)C(OC(C)=O)C1NC(C)=O)C(C)(C)C. The Morgan fingerprint density at radius 2 is 0.484 bits per heavy atom. The van der Waals surface area contributed by atoms with Gasteiger partial charge in [0, 0.05) is 186 Å². The third kappa shape index (κ3) is 46.4. The molecule has 0 aliphatic carbocycles. The fourth-order valence-corrected chi connectivity index (χ4v) is 13.3. The van der Waals surface area contributed by atoms with E-state index in [1.165, 1.54) is 20.8 Å². The van der Waals surface area contributed by atoms with Crippen LogP contribution in [0.3, 0.4) is 0 Å². The lowest BCUT2D eigenvalue weighted by atomic mass is 9.68. The summed E-state index contributed by atoms with van der Waals surface area (Å²) < 4.78 is 103. The van der Waals surface area contributed by atoms with Crippen molar-refractivity contribution < 1.29 is 172 Å². The summed E-state index contributed by atoms with van der Waals surface area (Å²) in [6.07, 6.45) is -11.6. The van der Waals surface area contributed by atoms with E-state index in [0.717, 1.165) is 62.3 Å². The average molecular weight is 1840 g/mol. The largest absolute Gasteiger partial charge is 0.463 e. The first kappa shape index (κ1) is 112. The van der Waals surface area contributed by atoms with E-state index in [2.05, 4.69) is 47.9 Å². The smallest absolute Gasteiger partial charge is 0.303 e. The summed E-state index contributed by atoms with van der Waals surface area (Å²) in [5, 5.41) is 24.8. The van der Waals surface area contributed by atoms with Gasteiger partial charge in [0.2, 0.25) is 53.2 Å². The van der Waals surface area contributed by atoms with E-state index in [4.69, 9.17) is 85.3 Å². The monoisotopic (exact) mass is 1830 g/mol. The Kier molecular flexibility index (Phi) is 53.3. The van der Waals surface area contributed by atoms with Gasteiger partial charge in [0.15, 0.2) is 55.5 Å². The second kappa shape index (κ2) is 60.8. The quantitative estimate of drug-likeness (QED) is 0.0213. The van der Waals surface area contributed by atoms with Crippen molar-refractivity contribution in [3.63, 3.8) is 0 Å². The molecule has 128 heavy (non-hydrogen) atoms. The Morgan fingerprint density at radius 1 is 0.266 bits per heavy atom. The number of esters is 9. The maximum Gasteiger partial charge on any atom is 0.303 e. The van der Waals surface area contributed by atoms with Crippen molar-refractivity contribution in [3.05, 3.63) is 0 Å². The van der Waals surface area contributed by atoms with Gasteiger partial charge < -0.3 is 133 Å². The Balaban J connectivity index is 1.53. The molecule has 3 aliphatic rings. The van der Waals surface area contributed by atoms with Crippen LogP contribution >= 0.6 is 0 Å². The normalized spacial score (nSPS) is 22.3. The van der Waals surface area contributed by atoms with Crippen LogP contribution in [-0.4, -0.2) is 317 Å². The van der Waals surface area contributed by atoms with Crippen LogP contribution in [0.2, 0.25) is 0 Å². The van der Waals surface area contributed by atoms with Crippen molar-refractivity contribution in [2.75, 3.05) is 119 Å². The van der Waals surface area contributed by atoms with Gasteiger partial charge in [-0.2, -0.15) is 0 Å². The van der Waals surface area contributed by atoms with Crippen LogP contribution in [0.25, 0.3) is 0 Å². The van der Waals surface area contributed by atoms with Gasteiger partial charge in [-0.1, -0.05) is 20.8 Å². The van der Waals surface area contributed by atoms with E-state index >= 15 is 0 Å². The van der Waals surface area contributed by atoms with E-state index in [-0.39, 0.29) is 173 Å². The molecule has 3 rings (SSSR count). The minimum absolute atomic E-state index is 0.00958. The van der Waals surface area contributed by atoms with Gasteiger partial charge in [-0.3, -0.25) is 86.3 Å². The predicted molar refractivity (Wildman–Crippen MR) is 442 cm³/mol. The van der Waals surface area contributed by atoms with Crippen molar-refractivity contribution in [2.45, 2.75) is 292 Å². The number of rotatable bonds is 60. The van der Waals surface area contributed by atoms with Crippen LogP contribution in [-0.2, 0) is 172 Å². The molecule has 0 saturated carbocycles. The first-order valence-corrected chi connectivity index (χ1v) is 42.9. The molecule has 728 valence electrons. The highest BCUT2D eigenvalue weighted by molar-refractivity contribution is 5.79. The van der Waals surface area contributed by atoms with E-state index in [9.17, 15) is 86.3 Å². The first-order chi connectivity index (χ1) is 60.5. The Bertz CT molecular complexity index is 3240. The molecule has 0 radical (unpaired) electrons. The summed E-state index contributed by atoms with van der Waals surface area (Å²) in [5.41, 5.74) is -1.53. The third-order valence-electron chi connectivity index (χ3n) is 19.6. The molecule has 0 aromatic heterocycles. The fourth-order valence-electron chi connectivity index (χ4n) is 13.3. The van der Waals surface area contributed by atoms with Gasteiger partial charge in [-0.05, 0) is 63.2 Å². The molecule has 9 amide bonds. The van der Waals surface area contributed by atoms with Crippen molar-refractivity contribution >= 4 is 107 Å². The molecule has 3 aliphatic heterocycles. The summed E-state index contributed by atoms with van der Waals surface area (Å²) in [4.78, 5) is 223. The van der Waals surface area contributed by atoms with Crippen LogP contribution in [0.15, 0.2) is 0 Å². The second-order valence-electron chi connectivity index (χ2n) is 31.7. The van der Waals surface area contributed by atoms with Crippen LogP contribution in [0.5, 0.6) is 0 Å². The molecule has 45 nitrogen and oxygen atoms in total. The molecule has 0 aromatic carbocycles. The number of ether oxygens (including phenoxy) is 18. The highest BCUT2D eigenvalue weighted by atomic mass is 16.7. The van der Waals surface area contributed by atoms with Gasteiger partial charge in [0.1, 0.15) is 56.3 Å². The molecule has 9 unspecified atom stereocenters. The number of nitrogens with one attached hydrogen (secondary N) is 9. The zero-order valence-electron chi connectivity index (χ0n) is 76.2. The van der Waals surface area contributed by atoms with Gasteiger partial charge in [0.25, 0.3) is 0 Å². The molecule has 9 N–H and O–H groups in total. The maximum absolute atomic E-state index is 13.1. The summed E-state index contributed by atoms with van der Waals surface area (Å²) in [6.45, 7) is 19.9. The second-order valence-corrected chi connectivity index (χ2v) is 31.7. The van der Waals surface area contributed by atoms with Crippen LogP contribution in [0.4, 0.5) is 0 Å². The minimum Gasteiger partial charge on any atom is -0.463 e. The average Bonchev–Trinajstić information content (AvgIpc) is 0.775. The highest BCUT2D eigenvalue weighted by Gasteiger charge is 2.55. The van der Waals surface area contributed by atoms with Crippen molar-refractivity contribution in [2.24, 2.45) is 10.8 Å². The maximum atomic E-state index is 13.1. The minimum atomic E-state index is -1.30. The summed E-state index contributed by atoms with van der Waals surface area (Å²) in [7, 11) is 0. The predicted octanol–water partition coefficient (Wildman–Crippen LogP) is -0.365. The van der Waals surface area contributed by atoms with Gasteiger partial charge in [-0.25, -0.2) is 0 Å². The molecule has 15 atom stereocenters. The van der Waals surface area contributed by atoms with E-state index in [0.29, 0.717) is 57.8 Å². The summed E-state index contributed by atoms with van der Waals surface area (Å²) in [6, 6.07) is -3.46. The van der Waals surface area contributed by atoms with Crippen LogP contribution in [0.1, 0.15) is 200 Å². The van der Waals surface area contributed by atoms with Crippen molar-refractivity contribution in [3.8, 4) is 0 Å². The lowest BCUT2D eigenvalue weighted by Crippen LogP contribution is -2.66. The molecule has 0 spiro atoms. The van der Waals surface area contributed by atoms with Crippen LogP contribution < -0.4 is 47.9 Å². The number of carbonyl (C=O) groups is 18. The number of carbonyl (C=O) groups excluding carboxylic acids is 18. The van der Waals surface area contributed by atoms with Gasteiger partial charge in [-0.15, -0.1) is 0 Å².